The molecular formula is C25H31N3O6. The average Bonchev–Trinajstić information content (AvgIpc) is 3.06. The molecule has 9 nitrogen and oxygen atoms in total. The standard InChI is InChI=1S/C25H31N3O6/c1-33-21-14-22(30)28-13-12-26(15-17-5-7-18(8-6-17)25(32)34-2)11-9-20(28)23(21)24(31)27-10-3-4-19(29)16-27/h5-8,14,19,29H,3-4,9-13,15-16H2,1-2H3/t19-/m0/s1. The third-order valence-corrected chi connectivity index (χ3v) is 6.58. The molecule has 0 bridgehead atoms. The summed E-state index contributed by atoms with van der Waals surface area (Å²) in [5.41, 5.74) is 2.45. The highest BCUT2D eigenvalue weighted by molar-refractivity contribution is 5.98. The van der Waals surface area contributed by atoms with Crippen molar-refractivity contribution in [3.63, 3.8) is 0 Å². The molecule has 1 amide bonds. The molecule has 182 valence electrons. The smallest absolute Gasteiger partial charge is 0.337 e. The van der Waals surface area contributed by atoms with Crippen molar-refractivity contribution in [2.24, 2.45) is 0 Å². The molecule has 2 aliphatic heterocycles. The number of fused-ring (bicyclic) bond motifs is 1. The molecule has 4 rings (SSSR count). The molecule has 2 aliphatic rings. The van der Waals surface area contributed by atoms with Crippen LogP contribution in [-0.2, 0) is 24.2 Å². The molecule has 9 heteroatoms. The normalized spacial score (nSPS) is 18.7. The van der Waals surface area contributed by atoms with Gasteiger partial charge in [-0.2, -0.15) is 0 Å². The molecule has 0 saturated carbocycles. The number of benzene rings is 1. The van der Waals surface area contributed by atoms with Crippen LogP contribution in [0.2, 0.25) is 0 Å². The Morgan fingerprint density at radius 1 is 1.09 bits per heavy atom. The van der Waals surface area contributed by atoms with Crippen LogP contribution in [-0.4, -0.2) is 77.9 Å². The van der Waals surface area contributed by atoms with Gasteiger partial charge >= 0.3 is 5.97 Å². The zero-order valence-electron chi connectivity index (χ0n) is 19.7. The molecule has 0 spiro atoms. The van der Waals surface area contributed by atoms with Gasteiger partial charge in [0.2, 0.25) is 0 Å². The van der Waals surface area contributed by atoms with Crippen LogP contribution in [0.25, 0.3) is 0 Å². The lowest BCUT2D eigenvalue weighted by molar-refractivity contribution is 0.0469. The number of carbonyl (C=O) groups excluding carboxylic acids is 2. The van der Waals surface area contributed by atoms with E-state index in [2.05, 4.69) is 4.90 Å². The second kappa shape index (κ2) is 10.4. The van der Waals surface area contributed by atoms with Crippen LogP contribution in [0.3, 0.4) is 0 Å². The number of aliphatic hydroxyl groups is 1. The van der Waals surface area contributed by atoms with Crippen LogP contribution >= 0.6 is 0 Å². The number of methoxy groups -OCH3 is 2. The zero-order chi connectivity index (χ0) is 24.2. The first kappa shape index (κ1) is 24.0. The summed E-state index contributed by atoms with van der Waals surface area (Å²) in [5.74, 6) is -0.289. The highest BCUT2D eigenvalue weighted by Gasteiger charge is 2.30. The summed E-state index contributed by atoms with van der Waals surface area (Å²) in [4.78, 5) is 41.9. The van der Waals surface area contributed by atoms with Crippen molar-refractivity contribution >= 4 is 11.9 Å². The highest BCUT2D eigenvalue weighted by Crippen LogP contribution is 2.26. The molecule has 34 heavy (non-hydrogen) atoms. The fourth-order valence-electron chi connectivity index (χ4n) is 4.76. The van der Waals surface area contributed by atoms with Gasteiger partial charge < -0.3 is 24.0 Å². The van der Waals surface area contributed by atoms with Gasteiger partial charge in [-0.1, -0.05) is 12.1 Å². The molecule has 1 aromatic carbocycles. The summed E-state index contributed by atoms with van der Waals surface area (Å²) in [5, 5.41) is 10.1. The number of pyridine rings is 1. The van der Waals surface area contributed by atoms with Gasteiger partial charge in [-0.15, -0.1) is 0 Å². The van der Waals surface area contributed by atoms with Gasteiger partial charge in [-0.05, 0) is 30.5 Å². The number of hydrogen-bond acceptors (Lipinski definition) is 7. The van der Waals surface area contributed by atoms with Gasteiger partial charge in [-0.25, -0.2) is 4.79 Å². The Balaban J connectivity index is 1.56. The van der Waals surface area contributed by atoms with Crippen molar-refractivity contribution in [3.8, 4) is 5.75 Å². The average molecular weight is 470 g/mol. The van der Waals surface area contributed by atoms with Gasteiger partial charge in [0.05, 0.1) is 25.9 Å². The maximum atomic E-state index is 13.5. The molecule has 1 aromatic heterocycles. The number of β-amino-alcohol motifs (C(OH)–C–C–N with tert-alkyl or cyclic N) is 1. The first-order valence-electron chi connectivity index (χ1n) is 11.6. The molecule has 1 N–H and O–H groups in total. The number of carbonyl (C=O) groups is 2. The predicted molar refractivity (Wildman–Crippen MR) is 125 cm³/mol. The van der Waals surface area contributed by atoms with Gasteiger partial charge in [0.25, 0.3) is 11.5 Å². The van der Waals surface area contributed by atoms with E-state index in [9.17, 15) is 19.5 Å². The Bertz CT molecular complexity index is 1110. The minimum atomic E-state index is -0.533. The van der Waals surface area contributed by atoms with E-state index < -0.39 is 6.10 Å². The zero-order valence-corrected chi connectivity index (χ0v) is 19.7. The van der Waals surface area contributed by atoms with Crippen molar-refractivity contribution in [3.05, 3.63) is 63.1 Å². The summed E-state index contributed by atoms with van der Waals surface area (Å²) >= 11 is 0. The van der Waals surface area contributed by atoms with Crippen molar-refractivity contribution in [1.82, 2.24) is 14.4 Å². The van der Waals surface area contributed by atoms with E-state index in [1.165, 1.54) is 20.3 Å². The number of aliphatic hydroxyl groups excluding tert-OH is 1. The first-order chi connectivity index (χ1) is 16.4. The molecule has 0 unspecified atom stereocenters. The van der Waals surface area contributed by atoms with E-state index in [1.807, 2.05) is 12.1 Å². The van der Waals surface area contributed by atoms with Crippen LogP contribution < -0.4 is 10.3 Å². The lowest BCUT2D eigenvalue weighted by atomic mass is 10.0. The van der Waals surface area contributed by atoms with Crippen molar-refractivity contribution in [2.75, 3.05) is 40.4 Å². The fourth-order valence-corrected chi connectivity index (χ4v) is 4.76. The summed E-state index contributed by atoms with van der Waals surface area (Å²) in [7, 11) is 2.82. The maximum absolute atomic E-state index is 13.5. The number of hydrogen-bond donors (Lipinski definition) is 1. The van der Waals surface area contributed by atoms with E-state index in [0.717, 1.165) is 12.0 Å². The maximum Gasteiger partial charge on any atom is 0.337 e. The van der Waals surface area contributed by atoms with Crippen molar-refractivity contribution in [2.45, 2.75) is 38.5 Å². The van der Waals surface area contributed by atoms with E-state index in [1.54, 1.807) is 21.6 Å². The second-order valence-electron chi connectivity index (χ2n) is 8.79. The molecule has 1 atom stereocenters. The lowest BCUT2D eigenvalue weighted by Gasteiger charge is -2.31. The molecule has 0 aliphatic carbocycles. The minimum Gasteiger partial charge on any atom is -0.496 e. The summed E-state index contributed by atoms with van der Waals surface area (Å²) in [6.45, 7) is 3.28. The monoisotopic (exact) mass is 469 g/mol. The molecule has 0 radical (unpaired) electrons. The van der Waals surface area contributed by atoms with Crippen LogP contribution in [0.1, 0.15) is 44.8 Å². The number of nitrogens with zero attached hydrogens (tertiary/aromatic N) is 3. The Labute approximate surface area is 198 Å². The number of aromatic nitrogens is 1. The molecule has 1 fully saturated rings. The number of amides is 1. The van der Waals surface area contributed by atoms with E-state index >= 15 is 0 Å². The van der Waals surface area contributed by atoms with Gasteiger partial charge in [0.15, 0.2) is 0 Å². The van der Waals surface area contributed by atoms with Crippen molar-refractivity contribution < 1.29 is 24.2 Å². The third kappa shape index (κ3) is 5.00. The Morgan fingerprint density at radius 2 is 1.85 bits per heavy atom. The van der Waals surface area contributed by atoms with E-state index in [-0.39, 0.29) is 29.7 Å². The Hall–Kier alpha value is -3.17. The lowest BCUT2D eigenvalue weighted by Crippen LogP contribution is -2.43. The largest absolute Gasteiger partial charge is 0.496 e. The molecular weight excluding hydrogens is 438 g/mol. The van der Waals surface area contributed by atoms with Crippen LogP contribution in [0.15, 0.2) is 35.1 Å². The van der Waals surface area contributed by atoms with Crippen LogP contribution in [0, 0.1) is 0 Å². The Kier molecular flexibility index (Phi) is 7.33. The summed E-state index contributed by atoms with van der Waals surface area (Å²) < 4.78 is 11.9. The molecule has 3 heterocycles. The molecule has 1 saturated heterocycles. The van der Waals surface area contributed by atoms with Gasteiger partial charge in [0.1, 0.15) is 11.3 Å². The number of esters is 1. The summed E-state index contributed by atoms with van der Waals surface area (Å²) in [6.07, 6.45) is 1.41. The van der Waals surface area contributed by atoms with Gasteiger partial charge in [-0.3, -0.25) is 14.5 Å². The fraction of sp³-hybridized carbons (Fsp3) is 0.480. The quantitative estimate of drug-likeness (QED) is 0.659. The summed E-state index contributed by atoms with van der Waals surface area (Å²) in [6, 6.07) is 8.67. The minimum absolute atomic E-state index is 0.189. The van der Waals surface area contributed by atoms with Crippen LogP contribution in [0.5, 0.6) is 5.75 Å². The van der Waals surface area contributed by atoms with Crippen LogP contribution in [0.4, 0.5) is 0 Å². The topological polar surface area (TPSA) is 101 Å². The molecule has 2 aromatic rings. The number of piperidine rings is 1. The van der Waals surface area contributed by atoms with E-state index in [4.69, 9.17) is 9.47 Å². The SMILES string of the molecule is COC(=O)c1ccc(CN2CCc3c(C(=O)N4CCC[C@H](O)C4)c(OC)cc(=O)n3CC2)cc1. The predicted octanol–water partition coefficient (Wildman–Crippen LogP) is 1.30. The van der Waals surface area contributed by atoms with E-state index in [0.29, 0.717) is 62.4 Å². The Morgan fingerprint density at radius 3 is 2.53 bits per heavy atom. The number of rotatable bonds is 5. The first-order valence-corrected chi connectivity index (χ1v) is 11.6. The number of likely N-dealkylation sites (tertiary alicyclic amines) is 1. The third-order valence-electron chi connectivity index (χ3n) is 6.58. The number of ether oxygens (including phenoxy) is 2. The van der Waals surface area contributed by atoms with Gasteiger partial charge in [0, 0.05) is 57.4 Å². The highest BCUT2D eigenvalue weighted by atomic mass is 16.5. The van der Waals surface area contributed by atoms with Crippen molar-refractivity contribution in [1.29, 1.82) is 0 Å². The second-order valence-corrected chi connectivity index (χ2v) is 8.79.